The summed E-state index contributed by atoms with van der Waals surface area (Å²) < 4.78 is 5.51. The molecular formula is C36H51ClN4O2. The molecule has 7 heteroatoms. The number of amides is 1. The summed E-state index contributed by atoms with van der Waals surface area (Å²) in [5.41, 5.74) is 5.14. The Balaban J connectivity index is 0.000000542. The highest BCUT2D eigenvalue weighted by molar-refractivity contribution is 6.30. The molecule has 0 bridgehead atoms. The fourth-order valence-electron chi connectivity index (χ4n) is 4.32. The Bertz CT molecular complexity index is 1280. The van der Waals surface area contributed by atoms with Crippen LogP contribution < -0.4 is 4.90 Å². The molecule has 0 saturated carbocycles. The van der Waals surface area contributed by atoms with Gasteiger partial charge in [-0.05, 0) is 83.7 Å². The molecule has 0 aliphatic carbocycles. The van der Waals surface area contributed by atoms with Gasteiger partial charge in [0.15, 0.2) is 0 Å². The van der Waals surface area contributed by atoms with E-state index in [0.29, 0.717) is 26.2 Å². The monoisotopic (exact) mass is 606 g/mol. The number of benzene rings is 1. The summed E-state index contributed by atoms with van der Waals surface area (Å²) in [6.07, 6.45) is 17.6. The van der Waals surface area contributed by atoms with E-state index in [1.165, 1.54) is 12.0 Å². The van der Waals surface area contributed by atoms with E-state index in [1.807, 2.05) is 78.8 Å². The molecule has 1 saturated heterocycles. The first-order valence-electron chi connectivity index (χ1n) is 15.1. The van der Waals surface area contributed by atoms with Gasteiger partial charge in [0.1, 0.15) is 17.7 Å². The first-order valence-corrected chi connectivity index (χ1v) is 15.5. The average molecular weight is 607 g/mol. The number of nitrogens with zero attached hydrogens (tertiary/aromatic N) is 4. The number of carbonyl (C=O) groups is 1. The van der Waals surface area contributed by atoms with E-state index in [-0.39, 0.29) is 6.09 Å². The van der Waals surface area contributed by atoms with Crippen LogP contribution in [0.1, 0.15) is 85.1 Å². The lowest BCUT2D eigenvalue weighted by atomic mass is 9.96. The van der Waals surface area contributed by atoms with Gasteiger partial charge in [-0.25, -0.2) is 14.8 Å². The Labute approximate surface area is 265 Å². The number of hydrogen-bond donors (Lipinski definition) is 0. The predicted molar refractivity (Wildman–Crippen MR) is 184 cm³/mol. The summed E-state index contributed by atoms with van der Waals surface area (Å²) in [5.74, 6) is 3.35. The molecule has 1 aromatic carbocycles. The van der Waals surface area contributed by atoms with Crippen molar-refractivity contribution in [1.29, 1.82) is 0 Å². The highest BCUT2D eigenvalue weighted by Crippen LogP contribution is 2.32. The van der Waals surface area contributed by atoms with Crippen LogP contribution in [-0.2, 0) is 11.2 Å². The zero-order valence-electron chi connectivity index (χ0n) is 27.7. The van der Waals surface area contributed by atoms with E-state index in [0.717, 1.165) is 46.1 Å². The number of rotatable bonds is 6. The van der Waals surface area contributed by atoms with E-state index in [1.54, 1.807) is 11.2 Å². The standard InChI is InChI=1S/C23H34N4O2.C9H11Cl.C4H6/c1-8-10-11-17(3)19(9-2)20-18(4)24-16-25-21(20)26-12-14-27(15-13-26)22(28)29-23(5,6)7;1-2-4-8-5-3-6-9(10)7-8;1-3-4-2/h8-11,16H,12-15H2,1-7H3;3,5-7H,2,4H2,1H3;1H,4H2,2H3/b10-8-,17-11+,19-9-;;. The molecule has 0 N–H and O–H groups in total. The lowest BCUT2D eigenvalue weighted by Crippen LogP contribution is -2.50. The molecule has 0 radical (unpaired) electrons. The minimum atomic E-state index is -0.483. The Morgan fingerprint density at radius 3 is 2.30 bits per heavy atom. The van der Waals surface area contributed by atoms with Gasteiger partial charge >= 0.3 is 6.09 Å². The Morgan fingerprint density at radius 1 is 1.14 bits per heavy atom. The summed E-state index contributed by atoms with van der Waals surface area (Å²) in [6.45, 7) is 20.6. The largest absolute Gasteiger partial charge is 0.444 e. The van der Waals surface area contributed by atoms with Crippen LogP contribution in [-0.4, -0.2) is 52.7 Å². The smallest absolute Gasteiger partial charge is 0.410 e. The third kappa shape index (κ3) is 13.5. The van der Waals surface area contributed by atoms with Crippen LogP contribution in [0.25, 0.3) is 5.57 Å². The highest BCUT2D eigenvalue weighted by Gasteiger charge is 2.28. The normalized spacial score (nSPS) is 13.9. The molecule has 3 rings (SSSR count). The predicted octanol–water partition coefficient (Wildman–Crippen LogP) is 9.09. The summed E-state index contributed by atoms with van der Waals surface area (Å²) in [6, 6.07) is 8.02. The second-order valence-electron chi connectivity index (χ2n) is 11.1. The lowest BCUT2D eigenvalue weighted by molar-refractivity contribution is 0.0240. The van der Waals surface area contributed by atoms with Crippen molar-refractivity contribution in [2.24, 2.45) is 0 Å². The Kier molecular flexibility index (Phi) is 17.1. The fourth-order valence-corrected chi connectivity index (χ4v) is 4.54. The van der Waals surface area contributed by atoms with Crippen molar-refractivity contribution in [3.05, 3.63) is 82.3 Å². The molecule has 1 aromatic heterocycles. The quantitative estimate of drug-likeness (QED) is 0.242. The van der Waals surface area contributed by atoms with Gasteiger partial charge in [0.2, 0.25) is 0 Å². The third-order valence-electron chi connectivity index (χ3n) is 6.40. The van der Waals surface area contributed by atoms with Crippen LogP contribution in [0, 0.1) is 19.3 Å². The zero-order valence-corrected chi connectivity index (χ0v) is 28.5. The minimum absolute atomic E-state index is 0.254. The Morgan fingerprint density at radius 2 is 1.79 bits per heavy atom. The molecule has 0 atom stereocenters. The number of ether oxygens (including phenoxy) is 1. The minimum Gasteiger partial charge on any atom is -0.444 e. The molecular weight excluding hydrogens is 556 g/mol. The van der Waals surface area contributed by atoms with Gasteiger partial charge in [-0.1, -0.05) is 68.3 Å². The second-order valence-corrected chi connectivity index (χ2v) is 11.6. The van der Waals surface area contributed by atoms with Crippen molar-refractivity contribution in [1.82, 2.24) is 14.9 Å². The molecule has 43 heavy (non-hydrogen) atoms. The van der Waals surface area contributed by atoms with Crippen molar-refractivity contribution in [2.75, 3.05) is 31.1 Å². The van der Waals surface area contributed by atoms with Gasteiger partial charge in [-0.2, -0.15) is 0 Å². The fraction of sp³-hybridized carbons (Fsp3) is 0.472. The number of piperazine rings is 1. The first kappa shape index (κ1) is 37.5. The molecule has 1 amide bonds. The molecule has 6 nitrogen and oxygen atoms in total. The van der Waals surface area contributed by atoms with Crippen LogP contribution in [0.5, 0.6) is 0 Å². The van der Waals surface area contributed by atoms with Gasteiger partial charge in [-0.15, -0.1) is 12.3 Å². The van der Waals surface area contributed by atoms with Crippen LogP contribution in [0.4, 0.5) is 10.6 Å². The van der Waals surface area contributed by atoms with Crippen molar-refractivity contribution < 1.29 is 9.53 Å². The zero-order chi connectivity index (χ0) is 32.4. The van der Waals surface area contributed by atoms with E-state index < -0.39 is 5.60 Å². The van der Waals surface area contributed by atoms with Crippen LogP contribution in [0.15, 0.2) is 60.5 Å². The van der Waals surface area contributed by atoms with Crippen LogP contribution >= 0.6 is 11.6 Å². The lowest BCUT2D eigenvalue weighted by Gasteiger charge is -2.37. The number of allylic oxidation sites excluding steroid dienone is 6. The Hall–Kier alpha value is -3.56. The molecule has 2 heterocycles. The number of halogens is 1. The molecule has 2 aromatic rings. The van der Waals surface area contributed by atoms with E-state index in [4.69, 9.17) is 22.8 Å². The van der Waals surface area contributed by atoms with Gasteiger partial charge in [0, 0.05) is 43.2 Å². The van der Waals surface area contributed by atoms with Crippen molar-refractivity contribution in [3.8, 4) is 12.3 Å². The maximum atomic E-state index is 12.4. The number of aryl methyl sites for hydroxylation is 2. The van der Waals surface area contributed by atoms with E-state index in [9.17, 15) is 4.79 Å². The summed E-state index contributed by atoms with van der Waals surface area (Å²) in [7, 11) is 0. The third-order valence-corrected chi connectivity index (χ3v) is 6.64. The molecule has 0 spiro atoms. The van der Waals surface area contributed by atoms with Gasteiger partial charge < -0.3 is 14.5 Å². The molecule has 1 aliphatic heterocycles. The van der Waals surface area contributed by atoms with Gasteiger partial charge in [0.05, 0.1) is 5.69 Å². The number of anilines is 1. The molecule has 234 valence electrons. The topological polar surface area (TPSA) is 58.6 Å². The van der Waals surface area contributed by atoms with E-state index >= 15 is 0 Å². The molecule has 1 aliphatic rings. The van der Waals surface area contributed by atoms with Gasteiger partial charge in [0.25, 0.3) is 0 Å². The van der Waals surface area contributed by atoms with E-state index in [2.05, 4.69) is 52.9 Å². The number of terminal acetylenes is 1. The first-order chi connectivity index (χ1) is 20.4. The highest BCUT2D eigenvalue weighted by atomic mass is 35.5. The number of hydrogen-bond acceptors (Lipinski definition) is 5. The van der Waals surface area contributed by atoms with Crippen LogP contribution in [0.2, 0.25) is 5.02 Å². The second kappa shape index (κ2) is 19.6. The number of carbonyl (C=O) groups excluding carboxylic acids is 1. The summed E-state index contributed by atoms with van der Waals surface area (Å²) in [4.78, 5) is 25.4. The maximum absolute atomic E-state index is 12.4. The van der Waals surface area contributed by atoms with Gasteiger partial charge in [-0.3, -0.25) is 0 Å². The molecule has 1 fully saturated rings. The SMILES string of the molecule is C#CCC.CCCc1cccc(Cl)c1.C\C=C/C=C(C)/C(=C/C)c1c(C)ncnc1N1CCN(C(=O)OC(C)(C)C)CC1. The summed E-state index contributed by atoms with van der Waals surface area (Å²) in [5, 5.41) is 0.839. The number of aromatic nitrogens is 2. The maximum Gasteiger partial charge on any atom is 0.410 e. The average Bonchev–Trinajstić information content (AvgIpc) is 2.97. The summed E-state index contributed by atoms with van der Waals surface area (Å²) >= 11 is 5.78. The van der Waals surface area contributed by atoms with Crippen molar-refractivity contribution in [2.45, 2.75) is 87.2 Å². The van der Waals surface area contributed by atoms with Crippen molar-refractivity contribution in [3.63, 3.8) is 0 Å². The van der Waals surface area contributed by atoms with Crippen LogP contribution in [0.3, 0.4) is 0 Å². The van der Waals surface area contributed by atoms with Crippen molar-refractivity contribution >= 4 is 29.1 Å². The molecule has 0 unspecified atom stereocenters.